The fraction of sp³-hybridized carbons (Fsp3) is 0.375. The summed E-state index contributed by atoms with van der Waals surface area (Å²) in [5.74, 6) is 0.827. The number of halogens is 1. The molecule has 2 N–H and O–H groups in total. The van der Waals surface area contributed by atoms with Gasteiger partial charge in [-0.2, -0.15) is 0 Å². The molecule has 0 aromatic carbocycles. The van der Waals surface area contributed by atoms with Crippen molar-refractivity contribution in [3.8, 4) is 0 Å². The SMILES string of the molecule is CCNC(=NCc1ncccc1C)NCc1ccc(C)s1.I. The molecule has 22 heavy (non-hydrogen) atoms. The van der Waals surface area contributed by atoms with Crippen molar-refractivity contribution >= 4 is 41.3 Å². The molecular formula is C16H23IN4S. The molecule has 0 radical (unpaired) electrons. The Bertz CT molecular complexity index is 610. The topological polar surface area (TPSA) is 49.3 Å². The van der Waals surface area contributed by atoms with Gasteiger partial charge in [0.1, 0.15) is 0 Å². The highest BCUT2D eigenvalue weighted by Gasteiger charge is 2.02. The van der Waals surface area contributed by atoms with Crippen LogP contribution in [-0.2, 0) is 13.1 Å². The number of aryl methyl sites for hydroxylation is 2. The van der Waals surface area contributed by atoms with Crippen molar-refractivity contribution in [2.45, 2.75) is 33.9 Å². The van der Waals surface area contributed by atoms with Crippen molar-refractivity contribution < 1.29 is 0 Å². The first-order valence-corrected chi connectivity index (χ1v) is 7.98. The first-order valence-electron chi connectivity index (χ1n) is 7.17. The van der Waals surface area contributed by atoms with Crippen molar-refractivity contribution in [3.05, 3.63) is 51.5 Å². The first-order chi connectivity index (χ1) is 10.2. The summed E-state index contributed by atoms with van der Waals surface area (Å²) in [5, 5.41) is 6.63. The van der Waals surface area contributed by atoms with Crippen LogP contribution in [0.3, 0.4) is 0 Å². The second-order valence-electron chi connectivity index (χ2n) is 4.83. The van der Waals surface area contributed by atoms with Gasteiger partial charge in [0.2, 0.25) is 0 Å². The van der Waals surface area contributed by atoms with E-state index in [1.54, 1.807) is 0 Å². The molecule has 0 spiro atoms. The molecule has 2 rings (SSSR count). The van der Waals surface area contributed by atoms with Crippen molar-refractivity contribution in [2.75, 3.05) is 6.54 Å². The molecule has 2 aromatic rings. The maximum absolute atomic E-state index is 4.60. The van der Waals surface area contributed by atoms with Gasteiger partial charge in [-0.3, -0.25) is 4.98 Å². The molecule has 0 aliphatic rings. The molecule has 0 aliphatic heterocycles. The minimum absolute atomic E-state index is 0. The average Bonchev–Trinajstić information content (AvgIpc) is 2.89. The Morgan fingerprint density at radius 3 is 2.68 bits per heavy atom. The summed E-state index contributed by atoms with van der Waals surface area (Å²) in [6.45, 7) is 8.48. The van der Waals surface area contributed by atoms with Crippen LogP contribution >= 0.6 is 35.3 Å². The van der Waals surface area contributed by atoms with Gasteiger partial charge in [0.25, 0.3) is 0 Å². The molecule has 0 saturated carbocycles. The van der Waals surface area contributed by atoms with E-state index in [0.29, 0.717) is 6.54 Å². The van der Waals surface area contributed by atoms with E-state index in [9.17, 15) is 0 Å². The van der Waals surface area contributed by atoms with Crippen molar-refractivity contribution in [3.63, 3.8) is 0 Å². The van der Waals surface area contributed by atoms with Gasteiger partial charge in [0.05, 0.1) is 18.8 Å². The van der Waals surface area contributed by atoms with E-state index in [2.05, 4.69) is 59.6 Å². The van der Waals surface area contributed by atoms with Crippen LogP contribution in [0.2, 0.25) is 0 Å². The van der Waals surface area contributed by atoms with E-state index in [1.165, 1.54) is 15.3 Å². The Labute approximate surface area is 153 Å². The molecule has 2 aromatic heterocycles. The second-order valence-corrected chi connectivity index (χ2v) is 6.20. The fourth-order valence-electron chi connectivity index (χ4n) is 1.93. The predicted octanol–water partition coefficient (Wildman–Crippen LogP) is 3.63. The Morgan fingerprint density at radius 2 is 2.05 bits per heavy atom. The number of guanidine groups is 1. The summed E-state index contributed by atoms with van der Waals surface area (Å²) < 4.78 is 0. The fourth-order valence-corrected chi connectivity index (χ4v) is 2.76. The van der Waals surface area contributed by atoms with Gasteiger partial charge in [-0.25, -0.2) is 4.99 Å². The van der Waals surface area contributed by atoms with Crippen molar-refractivity contribution in [1.82, 2.24) is 15.6 Å². The maximum Gasteiger partial charge on any atom is 0.191 e. The zero-order valence-electron chi connectivity index (χ0n) is 13.2. The molecule has 0 aliphatic carbocycles. The number of nitrogens with zero attached hydrogens (tertiary/aromatic N) is 2. The van der Waals surface area contributed by atoms with Gasteiger partial charge in [-0.05, 0) is 44.5 Å². The summed E-state index contributed by atoms with van der Waals surface area (Å²) in [7, 11) is 0. The number of thiophene rings is 1. The number of hydrogen-bond donors (Lipinski definition) is 2. The van der Waals surface area contributed by atoms with Crippen LogP contribution in [-0.4, -0.2) is 17.5 Å². The quantitative estimate of drug-likeness (QED) is 0.433. The van der Waals surface area contributed by atoms with E-state index in [-0.39, 0.29) is 24.0 Å². The lowest BCUT2D eigenvalue weighted by Gasteiger charge is -2.10. The normalized spacial score (nSPS) is 11.0. The average molecular weight is 430 g/mol. The Kier molecular flexibility index (Phi) is 8.40. The van der Waals surface area contributed by atoms with Gasteiger partial charge < -0.3 is 10.6 Å². The molecule has 4 nitrogen and oxygen atoms in total. The number of nitrogens with one attached hydrogen (secondary N) is 2. The molecule has 0 fully saturated rings. The molecule has 0 unspecified atom stereocenters. The summed E-state index contributed by atoms with van der Waals surface area (Å²) in [5.41, 5.74) is 2.19. The van der Waals surface area contributed by atoms with Crippen LogP contribution < -0.4 is 10.6 Å². The summed E-state index contributed by atoms with van der Waals surface area (Å²) in [6, 6.07) is 8.31. The lowest BCUT2D eigenvalue weighted by atomic mass is 10.2. The molecule has 2 heterocycles. The zero-order valence-corrected chi connectivity index (χ0v) is 16.4. The Morgan fingerprint density at radius 1 is 1.23 bits per heavy atom. The van der Waals surface area contributed by atoms with Crippen LogP contribution in [0.1, 0.15) is 27.9 Å². The highest BCUT2D eigenvalue weighted by Crippen LogP contribution is 2.14. The van der Waals surface area contributed by atoms with Gasteiger partial charge in [0.15, 0.2) is 5.96 Å². The number of aliphatic imine (C=N–C) groups is 1. The van der Waals surface area contributed by atoms with Crippen molar-refractivity contribution in [1.29, 1.82) is 0 Å². The van der Waals surface area contributed by atoms with E-state index < -0.39 is 0 Å². The molecule has 120 valence electrons. The zero-order chi connectivity index (χ0) is 15.1. The minimum atomic E-state index is 0. The van der Waals surface area contributed by atoms with E-state index in [0.717, 1.165) is 24.7 Å². The van der Waals surface area contributed by atoms with Crippen LogP contribution in [0.25, 0.3) is 0 Å². The van der Waals surface area contributed by atoms with Crippen molar-refractivity contribution in [2.24, 2.45) is 4.99 Å². The second kappa shape index (κ2) is 9.78. The van der Waals surface area contributed by atoms with E-state index in [4.69, 9.17) is 0 Å². The highest BCUT2D eigenvalue weighted by atomic mass is 127. The summed E-state index contributed by atoms with van der Waals surface area (Å²) in [6.07, 6.45) is 1.81. The monoisotopic (exact) mass is 430 g/mol. The lowest BCUT2D eigenvalue weighted by molar-refractivity contribution is 0.817. The maximum atomic E-state index is 4.60. The summed E-state index contributed by atoms with van der Waals surface area (Å²) in [4.78, 5) is 11.6. The Balaban J connectivity index is 0.00000242. The highest BCUT2D eigenvalue weighted by molar-refractivity contribution is 14.0. The lowest BCUT2D eigenvalue weighted by Crippen LogP contribution is -2.36. The van der Waals surface area contributed by atoms with E-state index >= 15 is 0 Å². The molecule has 0 saturated heterocycles. The molecular weight excluding hydrogens is 407 g/mol. The van der Waals surface area contributed by atoms with Crippen LogP contribution in [0.4, 0.5) is 0 Å². The van der Waals surface area contributed by atoms with Gasteiger partial charge in [-0.15, -0.1) is 35.3 Å². The predicted molar refractivity (Wildman–Crippen MR) is 105 cm³/mol. The third kappa shape index (κ3) is 5.92. The number of hydrogen-bond acceptors (Lipinski definition) is 3. The summed E-state index contributed by atoms with van der Waals surface area (Å²) >= 11 is 1.81. The third-order valence-electron chi connectivity index (χ3n) is 3.08. The van der Waals surface area contributed by atoms with Crippen LogP contribution in [0, 0.1) is 13.8 Å². The number of rotatable bonds is 5. The Hall–Kier alpha value is -1.15. The largest absolute Gasteiger partial charge is 0.357 e. The van der Waals surface area contributed by atoms with Crippen LogP contribution in [0.15, 0.2) is 35.5 Å². The van der Waals surface area contributed by atoms with Gasteiger partial charge >= 0.3 is 0 Å². The first kappa shape index (κ1) is 18.9. The molecule has 0 atom stereocenters. The minimum Gasteiger partial charge on any atom is -0.357 e. The third-order valence-corrected chi connectivity index (χ3v) is 4.08. The smallest absolute Gasteiger partial charge is 0.191 e. The molecule has 0 bridgehead atoms. The van der Waals surface area contributed by atoms with Gasteiger partial charge in [0, 0.05) is 22.5 Å². The van der Waals surface area contributed by atoms with Crippen LogP contribution in [0.5, 0.6) is 0 Å². The number of aromatic nitrogens is 1. The molecule has 6 heteroatoms. The standard InChI is InChI=1S/C16H22N4S.HI/c1-4-17-16(19-10-14-8-7-13(3)21-14)20-11-15-12(2)6-5-9-18-15;/h5-9H,4,10-11H2,1-3H3,(H2,17,19,20);1H. The van der Waals surface area contributed by atoms with Gasteiger partial charge in [-0.1, -0.05) is 6.07 Å². The number of pyridine rings is 1. The molecule has 0 amide bonds. The van der Waals surface area contributed by atoms with E-state index in [1.807, 2.05) is 23.6 Å².